The van der Waals surface area contributed by atoms with E-state index in [1.165, 1.54) is 11.3 Å². The average molecular weight is 354 g/mol. The molecule has 1 N–H and O–H groups in total. The molecule has 4 rings (SSSR count). The highest BCUT2D eigenvalue weighted by molar-refractivity contribution is 7.15. The number of carbonyl (C=O) groups is 2. The maximum Gasteiger partial charge on any atom is 0.253 e. The lowest BCUT2D eigenvalue weighted by Gasteiger charge is -2.15. The van der Waals surface area contributed by atoms with E-state index in [0.717, 1.165) is 36.6 Å². The number of imidazole rings is 1. The van der Waals surface area contributed by atoms with Crippen LogP contribution in [-0.4, -0.2) is 39.2 Å². The van der Waals surface area contributed by atoms with Crippen molar-refractivity contribution in [3.05, 3.63) is 53.3 Å². The van der Waals surface area contributed by atoms with Crippen molar-refractivity contribution in [3.8, 4) is 0 Å². The lowest BCUT2D eigenvalue weighted by atomic mass is 10.1. The van der Waals surface area contributed by atoms with E-state index in [1.807, 2.05) is 27.1 Å². The first-order valence-corrected chi connectivity index (χ1v) is 9.17. The van der Waals surface area contributed by atoms with Gasteiger partial charge in [0, 0.05) is 42.1 Å². The second-order valence-electron chi connectivity index (χ2n) is 6.13. The molecule has 1 aliphatic heterocycles. The van der Waals surface area contributed by atoms with Crippen LogP contribution >= 0.6 is 11.3 Å². The summed E-state index contributed by atoms with van der Waals surface area (Å²) in [7, 11) is 0. The van der Waals surface area contributed by atoms with E-state index in [2.05, 4.69) is 10.3 Å². The molecule has 25 heavy (non-hydrogen) atoms. The first-order valence-electron chi connectivity index (χ1n) is 8.29. The Labute approximate surface area is 149 Å². The highest BCUT2D eigenvalue weighted by Crippen LogP contribution is 2.17. The standard InChI is InChI=1S/C18H18N4O2S/c23-16(11-15-12-22-8-9-25-18(22)20-15)19-14-5-3-4-13(10-14)17(24)21-6-1-2-7-21/h3-5,8-10,12H,1-2,6-7,11H2,(H,19,23). The molecule has 0 atom stereocenters. The van der Waals surface area contributed by atoms with E-state index < -0.39 is 0 Å². The number of hydrogen-bond donors (Lipinski definition) is 1. The number of nitrogens with one attached hydrogen (secondary N) is 1. The van der Waals surface area contributed by atoms with Gasteiger partial charge < -0.3 is 10.2 Å². The van der Waals surface area contributed by atoms with E-state index in [-0.39, 0.29) is 18.2 Å². The second kappa shape index (κ2) is 6.68. The summed E-state index contributed by atoms with van der Waals surface area (Å²) in [6.45, 7) is 1.62. The Kier molecular flexibility index (Phi) is 4.23. The highest BCUT2D eigenvalue weighted by atomic mass is 32.1. The molecule has 1 saturated heterocycles. The van der Waals surface area contributed by atoms with Gasteiger partial charge in [0.2, 0.25) is 5.91 Å². The van der Waals surface area contributed by atoms with Crippen LogP contribution in [0.3, 0.4) is 0 Å². The van der Waals surface area contributed by atoms with Gasteiger partial charge in [0.15, 0.2) is 4.96 Å². The molecule has 3 aromatic rings. The van der Waals surface area contributed by atoms with Crippen LogP contribution in [0.15, 0.2) is 42.0 Å². The van der Waals surface area contributed by atoms with Crippen LogP contribution in [0.25, 0.3) is 4.96 Å². The van der Waals surface area contributed by atoms with Gasteiger partial charge >= 0.3 is 0 Å². The summed E-state index contributed by atoms with van der Waals surface area (Å²) in [4.78, 5) is 31.9. The molecule has 1 fully saturated rings. The molecule has 0 unspecified atom stereocenters. The first kappa shape index (κ1) is 15.8. The Morgan fingerprint density at radius 2 is 2.08 bits per heavy atom. The van der Waals surface area contributed by atoms with Gasteiger partial charge in [-0.05, 0) is 31.0 Å². The van der Waals surface area contributed by atoms with Crippen LogP contribution in [0.5, 0.6) is 0 Å². The zero-order chi connectivity index (χ0) is 17.2. The fraction of sp³-hybridized carbons (Fsp3) is 0.278. The molecule has 1 aliphatic rings. The summed E-state index contributed by atoms with van der Waals surface area (Å²) in [5, 5.41) is 4.81. The van der Waals surface area contributed by atoms with Crippen LogP contribution in [0.4, 0.5) is 5.69 Å². The van der Waals surface area contributed by atoms with Crippen molar-refractivity contribution >= 4 is 33.8 Å². The summed E-state index contributed by atoms with van der Waals surface area (Å²) >= 11 is 1.53. The summed E-state index contributed by atoms with van der Waals surface area (Å²) in [5.74, 6) is -0.112. The number of rotatable bonds is 4. The predicted molar refractivity (Wildman–Crippen MR) is 97.0 cm³/mol. The summed E-state index contributed by atoms with van der Waals surface area (Å²) in [6.07, 6.45) is 6.10. The Morgan fingerprint density at radius 1 is 1.24 bits per heavy atom. The van der Waals surface area contributed by atoms with Crippen molar-refractivity contribution < 1.29 is 9.59 Å². The zero-order valence-corrected chi connectivity index (χ0v) is 14.5. The SMILES string of the molecule is O=C(Cc1cn2ccsc2n1)Nc1cccc(C(=O)N2CCCC2)c1. The van der Waals surface area contributed by atoms with Crippen LogP contribution in [0.1, 0.15) is 28.9 Å². The third-order valence-electron chi connectivity index (χ3n) is 4.27. The van der Waals surface area contributed by atoms with Crippen molar-refractivity contribution in [1.29, 1.82) is 0 Å². The lowest BCUT2D eigenvalue weighted by Crippen LogP contribution is -2.27. The Balaban J connectivity index is 1.43. The highest BCUT2D eigenvalue weighted by Gasteiger charge is 2.19. The number of benzene rings is 1. The molecule has 6 nitrogen and oxygen atoms in total. The summed E-state index contributed by atoms with van der Waals surface area (Å²) in [6, 6.07) is 7.13. The number of hydrogen-bond acceptors (Lipinski definition) is 4. The number of aromatic nitrogens is 2. The smallest absolute Gasteiger partial charge is 0.253 e. The number of fused-ring (bicyclic) bond motifs is 1. The van der Waals surface area contributed by atoms with Gasteiger partial charge in [-0.1, -0.05) is 6.07 Å². The monoisotopic (exact) mass is 354 g/mol. The number of anilines is 1. The Hall–Kier alpha value is -2.67. The molecule has 0 spiro atoms. The molecule has 2 amide bonds. The third kappa shape index (κ3) is 3.41. The van der Waals surface area contributed by atoms with E-state index in [0.29, 0.717) is 11.3 Å². The van der Waals surface area contributed by atoms with Crippen molar-refractivity contribution in [1.82, 2.24) is 14.3 Å². The first-order chi connectivity index (χ1) is 12.2. The fourth-order valence-corrected chi connectivity index (χ4v) is 3.78. The van der Waals surface area contributed by atoms with E-state index >= 15 is 0 Å². The van der Waals surface area contributed by atoms with Gasteiger partial charge in [-0.2, -0.15) is 0 Å². The molecule has 7 heteroatoms. The third-order valence-corrected chi connectivity index (χ3v) is 5.04. The largest absolute Gasteiger partial charge is 0.339 e. The van der Waals surface area contributed by atoms with Crippen molar-refractivity contribution in [3.63, 3.8) is 0 Å². The van der Waals surface area contributed by atoms with Gasteiger partial charge in [0.05, 0.1) is 12.1 Å². The molecule has 0 bridgehead atoms. The predicted octanol–water partition coefficient (Wildman–Crippen LogP) is 2.81. The number of carbonyl (C=O) groups excluding carboxylic acids is 2. The molecule has 1 aromatic carbocycles. The quantitative estimate of drug-likeness (QED) is 0.783. The topological polar surface area (TPSA) is 66.7 Å². The minimum Gasteiger partial charge on any atom is -0.339 e. The second-order valence-corrected chi connectivity index (χ2v) is 7.00. The van der Waals surface area contributed by atoms with Crippen molar-refractivity contribution in [2.24, 2.45) is 0 Å². The maximum absolute atomic E-state index is 12.4. The molecule has 0 radical (unpaired) electrons. The maximum atomic E-state index is 12.4. The summed E-state index contributed by atoms with van der Waals surface area (Å²) in [5.41, 5.74) is 1.98. The minimum atomic E-state index is -0.142. The average Bonchev–Trinajstić information content (AvgIpc) is 3.31. The van der Waals surface area contributed by atoms with Gasteiger partial charge in [0.25, 0.3) is 5.91 Å². The van der Waals surface area contributed by atoms with Crippen molar-refractivity contribution in [2.45, 2.75) is 19.3 Å². The number of nitrogens with zero attached hydrogens (tertiary/aromatic N) is 3. The van der Waals surface area contributed by atoms with Gasteiger partial charge in [-0.15, -0.1) is 11.3 Å². The molecule has 3 heterocycles. The zero-order valence-electron chi connectivity index (χ0n) is 13.6. The van der Waals surface area contributed by atoms with Crippen LogP contribution < -0.4 is 5.32 Å². The molecule has 2 aromatic heterocycles. The van der Waals surface area contributed by atoms with Gasteiger partial charge in [-0.25, -0.2) is 4.98 Å². The molecule has 128 valence electrons. The molecule has 0 saturated carbocycles. The van der Waals surface area contributed by atoms with Crippen LogP contribution in [0, 0.1) is 0 Å². The normalized spacial score (nSPS) is 14.2. The summed E-state index contributed by atoms with van der Waals surface area (Å²) < 4.78 is 1.91. The van der Waals surface area contributed by atoms with Crippen LogP contribution in [-0.2, 0) is 11.2 Å². The molecular formula is C18H18N4O2S. The number of amides is 2. The van der Waals surface area contributed by atoms with E-state index in [1.54, 1.807) is 24.3 Å². The molecular weight excluding hydrogens is 336 g/mol. The van der Waals surface area contributed by atoms with Gasteiger partial charge in [0.1, 0.15) is 0 Å². The lowest BCUT2D eigenvalue weighted by molar-refractivity contribution is -0.115. The van der Waals surface area contributed by atoms with E-state index in [4.69, 9.17) is 0 Å². The van der Waals surface area contributed by atoms with Gasteiger partial charge in [-0.3, -0.25) is 14.0 Å². The Morgan fingerprint density at radius 3 is 2.88 bits per heavy atom. The van der Waals surface area contributed by atoms with Crippen LogP contribution in [0.2, 0.25) is 0 Å². The number of likely N-dealkylation sites (tertiary alicyclic amines) is 1. The number of thiazole rings is 1. The van der Waals surface area contributed by atoms with E-state index in [9.17, 15) is 9.59 Å². The molecule has 0 aliphatic carbocycles. The fourth-order valence-electron chi connectivity index (χ4n) is 3.06. The minimum absolute atomic E-state index is 0.0305. The Bertz CT molecular complexity index is 895. The van der Waals surface area contributed by atoms with Crippen molar-refractivity contribution in [2.75, 3.05) is 18.4 Å².